The predicted molar refractivity (Wildman–Crippen MR) is 79.7 cm³/mol. The van der Waals surface area contributed by atoms with Crippen molar-refractivity contribution in [3.05, 3.63) is 0 Å². The van der Waals surface area contributed by atoms with Crippen LogP contribution < -0.4 is 4.72 Å². The van der Waals surface area contributed by atoms with Gasteiger partial charge in [0.15, 0.2) is 0 Å². The van der Waals surface area contributed by atoms with Crippen molar-refractivity contribution in [1.82, 2.24) is 9.03 Å². The van der Waals surface area contributed by atoms with Crippen molar-refractivity contribution in [2.24, 2.45) is 5.92 Å². The van der Waals surface area contributed by atoms with Crippen LogP contribution in [0.5, 0.6) is 0 Å². The fourth-order valence-corrected chi connectivity index (χ4v) is 3.86. The molecule has 0 unspecified atom stereocenters. The lowest BCUT2D eigenvalue weighted by Crippen LogP contribution is -2.45. The topological polar surface area (TPSA) is 58.6 Å². The van der Waals surface area contributed by atoms with Crippen LogP contribution in [-0.4, -0.2) is 45.6 Å². The van der Waals surface area contributed by atoms with E-state index in [0.29, 0.717) is 13.2 Å². The third kappa shape index (κ3) is 5.31. The van der Waals surface area contributed by atoms with Crippen molar-refractivity contribution in [1.29, 1.82) is 0 Å². The molecule has 0 saturated heterocycles. The van der Waals surface area contributed by atoms with Gasteiger partial charge in [-0.25, -0.2) is 4.72 Å². The van der Waals surface area contributed by atoms with Gasteiger partial charge >= 0.3 is 0 Å². The van der Waals surface area contributed by atoms with Gasteiger partial charge in [0, 0.05) is 32.8 Å². The zero-order valence-electron chi connectivity index (χ0n) is 12.5. The molecule has 0 heterocycles. The summed E-state index contributed by atoms with van der Waals surface area (Å²) >= 11 is 0. The molecule has 2 aliphatic rings. The van der Waals surface area contributed by atoms with Crippen molar-refractivity contribution < 1.29 is 13.2 Å². The Morgan fingerprint density at radius 2 is 1.85 bits per heavy atom. The molecule has 0 spiro atoms. The van der Waals surface area contributed by atoms with E-state index in [9.17, 15) is 8.42 Å². The maximum Gasteiger partial charge on any atom is 0.279 e. The number of hydrogen-bond donors (Lipinski definition) is 1. The second kappa shape index (κ2) is 7.73. The lowest BCUT2D eigenvalue weighted by molar-refractivity contribution is 0.123. The molecule has 0 aromatic heterocycles. The average Bonchev–Trinajstić information content (AvgIpc) is 3.27. The smallest absolute Gasteiger partial charge is 0.279 e. The summed E-state index contributed by atoms with van der Waals surface area (Å²) in [6.07, 6.45) is 8.81. The Labute approximate surface area is 123 Å². The zero-order chi connectivity index (χ0) is 14.4. The summed E-state index contributed by atoms with van der Waals surface area (Å²) < 4.78 is 34.0. The molecule has 0 radical (unpaired) electrons. The lowest BCUT2D eigenvalue weighted by atomic mass is 9.96. The SMILES string of the molecule is CN(C1CCCCC1)S(=O)(=O)NCCCOCC1CC1. The van der Waals surface area contributed by atoms with E-state index < -0.39 is 10.2 Å². The highest BCUT2D eigenvalue weighted by Crippen LogP contribution is 2.28. The normalized spacial score (nSPS) is 21.5. The first-order valence-corrected chi connectivity index (χ1v) is 9.34. The van der Waals surface area contributed by atoms with Gasteiger partial charge in [0.25, 0.3) is 10.2 Å². The van der Waals surface area contributed by atoms with E-state index in [4.69, 9.17) is 4.74 Å². The Balaban J connectivity index is 1.61. The molecule has 0 atom stereocenters. The van der Waals surface area contributed by atoms with Gasteiger partial charge in [0.2, 0.25) is 0 Å². The average molecular weight is 304 g/mol. The summed E-state index contributed by atoms with van der Waals surface area (Å²) in [5, 5.41) is 0. The molecule has 118 valence electrons. The zero-order valence-corrected chi connectivity index (χ0v) is 13.3. The molecule has 0 amide bonds. The molecule has 2 rings (SSSR count). The summed E-state index contributed by atoms with van der Waals surface area (Å²) in [7, 11) is -1.63. The van der Waals surface area contributed by atoms with Crippen LogP contribution in [0.3, 0.4) is 0 Å². The molecule has 0 aliphatic heterocycles. The van der Waals surface area contributed by atoms with Crippen LogP contribution in [0.4, 0.5) is 0 Å². The quantitative estimate of drug-likeness (QED) is 0.662. The van der Waals surface area contributed by atoms with Crippen LogP contribution in [0.15, 0.2) is 0 Å². The van der Waals surface area contributed by atoms with Crippen molar-refractivity contribution in [2.45, 2.75) is 57.4 Å². The largest absolute Gasteiger partial charge is 0.381 e. The number of ether oxygens (including phenoxy) is 1. The standard InChI is InChI=1S/C14H28N2O3S/c1-16(14-6-3-2-4-7-14)20(17,18)15-10-5-11-19-12-13-8-9-13/h13-15H,2-12H2,1H3. The highest BCUT2D eigenvalue weighted by molar-refractivity contribution is 7.87. The fraction of sp³-hybridized carbons (Fsp3) is 1.00. The van der Waals surface area contributed by atoms with E-state index in [2.05, 4.69) is 4.72 Å². The van der Waals surface area contributed by atoms with E-state index >= 15 is 0 Å². The van der Waals surface area contributed by atoms with Gasteiger partial charge in [-0.2, -0.15) is 12.7 Å². The van der Waals surface area contributed by atoms with Crippen LogP contribution in [0.25, 0.3) is 0 Å². The van der Waals surface area contributed by atoms with Crippen LogP contribution >= 0.6 is 0 Å². The molecular formula is C14H28N2O3S. The van der Waals surface area contributed by atoms with E-state index in [0.717, 1.165) is 44.6 Å². The Bertz CT molecular complexity index is 376. The Morgan fingerprint density at radius 3 is 2.50 bits per heavy atom. The minimum Gasteiger partial charge on any atom is -0.381 e. The van der Waals surface area contributed by atoms with Crippen LogP contribution in [0.1, 0.15) is 51.4 Å². The first-order chi connectivity index (χ1) is 9.59. The summed E-state index contributed by atoms with van der Waals surface area (Å²) in [4.78, 5) is 0. The van der Waals surface area contributed by atoms with Crippen LogP contribution in [0, 0.1) is 5.92 Å². The summed E-state index contributed by atoms with van der Waals surface area (Å²) in [5.74, 6) is 0.768. The Kier molecular flexibility index (Phi) is 6.26. The molecule has 2 aliphatic carbocycles. The number of rotatable bonds is 9. The van der Waals surface area contributed by atoms with E-state index in [1.54, 1.807) is 7.05 Å². The van der Waals surface area contributed by atoms with Gasteiger partial charge in [-0.15, -0.1) is 0 Å². The summed E-state index contributed by atoms with van der Waals surface area (Å²) in [6, 6.07) is 0.173. The molecule has 0 bridgehead atoms. The number of hydrogen-bond acceptors (Lipinski definition) is 3. The fourth-order valence-electron chi connectivity index (χ4n) is 2.65. The van der Waals surface area contributed by atoms with Crippen molar-refractivity contribution in [3.8, 4) is 0 Å². The molecule has 2 fully saturated rings. The Hall–Kier alpha value is -0.170. The second-order valence-electron chi connectivity index (χ2n) is 6.08. The molecular weight excluding hydrogens is 276 g/mol. The van der Waals surface area contributed by atoms with E-state index in [1.165, 1.54) is 23.6 Å². The number of nitrogens with one attached hydrogen (secondary N) is 1. The second-order valence-corrected chi connectivity index (χ2v) is 7.89. The third-order valence-electron chi connectivity index (χ3n) is 4.27. The highest BCUT2D eigenvalue weighted by Gasteiger charge is 2.27. The van der Waals surface area contributed by atoms with Crippen LogP contribution in [-0.2, 0) is 14.9 Å². The molecule has 0 aromatic carbocycles. The molecule has 6 heteroatoms. The van der Waals surface area contributed by atoms with Crippen LogP contribution in [0.2, 0.25) is 0 Å². The van der Waals surface area contributed by atoms with Crippen molar-refractivity contribution in [2.75, 3.05) is 26.8 Å². The predicted octanol–water partition coefficient (Wildman–Crippen LogP) is 1.90. The first-order valence-electron chi connectivity index (χ1n) is 7.90. The minimum atomic E-state index is -3.32. The third-order valence-corrected chi connectivity index (χ3v) is 5.89. The number of nitrogens with zero attached hydrogens (tertiary/aromatic N) is 1. The van der Waals surface area contributed by atoms with Gasteiger partial charge < -0.3 is 4.74 Å². The monoisotopic (exact) mass is 304 g/mol. The van der Waals surface area contributed by atoms with Gasteiger partial charge in [0.1, 0.15) is 0 Å². The summed E-state index contributed by atoms with van der Waals surface area (Å²) in [5.41, 5.74) is 0. The minimum absolute atomic E-state index is 0.173. The highest BCUT2D eigenvalue weighted by atomic mass is 32.2. The van der Waals surface area contributed by atoms with Gasteiger partial charge in [0.05, 0.1) is 0 Å². The van der Waals surface area contributed by atoms with Crippen molar-refractivity contribution >= 4 is 10.2 Å². The molecule has 5 nitrogen and oxygen atoms in total. The maximum absolute atomic E-state index is 12.2. The van der Waals surface area contributed by atoms with Gasteiger partial charge in [-0.1, -0.05) is 19.3 Å². The Morgan fingerprint density at radius 1 is 1.15 bits per heavy atom. The van der Waals surface area contributed by atoms with E-state index in [-0.39, 0.29) is 6.04 Å². The van der Waals surface area contributed by atoms with E-state index in [1.807, 2.05) is 0 Å². The first kappa shape index (κ1) is 16.2. The van der Waals surface area contributed by atoms with Gasteiger partial charge in [-0.05, 0) is 38.0 Å². The molecule has 1 N–H and O–H groups in total. The molecule has 20 heavy (non-hydrogen) atoms. The molecule has 0 aromatic rings. The maximum atomic E-state index is 12.2. The van der Waals surface area contributed by atoms with Crippen molar-refractivity contribution in [3.63, 3.8) is 0 Å². The molecule has 2 saturated carbocycles. The lowest BCUT2D eigenvalue weighted by Gasteiger charge is -2.30. The summed E-state index contributed by atoms with van der Waals surface area (Å²) in [6.45, 7) is 1.95. The van der Waals surface area contributed by atoms with Gasteiger partial charge in [-0.3, -0.25) is 0 Å².